The van der Waals surface area contributed by atoms with Crippen molar-refractivity contribution in [1.29, 1.82) is 0 Å². The minimum absolute atomic E-state index is 0.307. The van der Waals surface area contributed by atoms with E-state index in [1.807, 2.05) is 11.8 Å². The third kappa shape index (κ3) is 2.88. The summed E-state index contributed by atoms with van der Waals surface area (Å²) < 4.78 is 6.21. The molecule has 0 aromatic heterocycles. The monoisotopic (exact) mass is 271 g/mol. The molecule has 2 fully saturated rings. The zero-order valence-electron chi connectivity index (χ0n) is 12.7. The van der Waals surface area contributed by atoms with Crippen molar-refractivity contribution < 1.29 is 4.74 Å². The number of ether oxygens (including phenoxy) is 1. The topological polar surface area (TPSA) is 21.3 Å². The van der Waals surface area contributed by atoms with E-state index < -0.39 is 0 Å². The van der Waals surface area contributed by atoms with Crippen molar-refractivity contribution in [3.8, 4) is 0 Å². The van der Waals surface area contributed by atoms with Crippen LogP contribution in [0.5, 0.6) is 0 Å². The second-order valence-electron chi connectivity index (χ2n) is 7.53. The summed E-state index contributed by atoms with van der Waals surface area (Å²) in [6.45, 7) is 14.8. The maximum absolute atomic E-state index is 5.85. The molecule has 3 heteroatoms. The molecule has 0 unspecified atom stereocenters. The Morgan fingerprint density at radius 3 is 2.67 bits per heavy atom. The van der Waals surface area contributed by atoms with Crippen molar-refractivity contribution in [3.05, 3.63) is 0 Å². The molecule has 18 heavy (non-hydrogen) atoms. The highest BCUT2D eigenvalue weighted by atomic mass is 32.2. The number of hydrogen-bond acceptors (Lipinski definition) is 3. The van der Waals surface area contributed by atoms with Crippen LogP contribution in [-0.4, -0.2) is 35.3 Å². The first-order valence-electron chi connectivity index (χ1n) is 7.23. The number of thioether (sulfide) groups is 1. The van der Waals surface area contributed by atoms with Crippen LogP contribution in [0.1, 0.15) is 48.0 Å². The Morgan fingerprint density at radius 1 is 1.39 bits per heavy atom. The van der Waals surface area contributed by atoms with Crippen LogP contribution in [-0.2, 0) is 4.74 Å². The van der Waals surface area contributed by atoms with E-state index in [2.05, 4.69) is 46.9 Å². The van der Waals surface area contributed by atoms with Gasteiger partial charge in [0.05, 0.1) is 6.10 Å². The molecule has 2 rings (SSSR count). The summed E-state index contributed by atoms with van der Waals surface area (Å²) >= 11 is 2.05. The molecule has 0 amide bonds. The smallest absolute Gasteiger partial charge is 0.0685 e. The highest BCUT2D eigenvalue weighted by molar-refractivity contribution is 8.00. The van der Waals surface area contributed by atoms with Gasteiger partial charge in [0.15, 0.2) is 0 Å². The van der Waals surface area contributed by atoms with Gasteiger partial charge in [-0.3, -0.25) is 0 Å². The van der Waals surface area contributed by atoms with Crippen LogP contribution < -0.4 is 5.32 Å². The standard InChI is InChI=1S/C15H29NOS/c1-10(9-18-14(2,3)4)16-12-11-7-8-17-13(11)15(12,5)6/h10-13,16H,7-9H2,1-6H3/t10-,11+,12-,13-/m1/s1. The minimum Gasteiger partial charge on any atom is -0.377 e. The normalized spacial score (nSPS) is 36.0. The molecule has 1 saturated carbocycles. The lowest BCUT2D eigenvalue weighted by atomic mass is 9.57. The van der Waals surface area contributed by atoms with E-state index in [1.165, 1.54) is 12.2 Å². The number of fused-ring (bicyclic) bond motifs is 1. The molecule has 0 radical (unpaired) electrons. The summed E-state index contributed by atoms with van der Waals surface area (Å²) in [5, 5.41) is 3.85. The molecule has 0 bridgehead atoms. The van der Waals surface area contributed by atoms with Crippen molar-refractivity contribution in [2.45, 2.75) is 70.9 Å². The highest BCUT2D eigenvalue weighted by Crippen LogP contribution is 2.52. The Bertz CT molecular complexity index is 297. The van der Waals surface area contributed by atoms with Gasteiger partial charge in [-0.1, -0.05) is 34.6 Å². The minimum atomic E-state index is 0.307. The lowest BCUT2D eigenvalue weighted by molar-refractivity contribution is -0.114. The molecule has 0 spiro atoms. The van der Waals surface area contributed by atoms with Crippen LogP contribution in [0.4, 0.5) is 0 Å². The van der Waals surface area contributed by atoms with Gasteiger partial charge in [-0.25, -0.2) is 0 Å². The molecular formula is C15H29NOS. The van der Waals surface area contributed by atoms with Gasteiger partial charge in [-0.15, -0.1) is 0 Å². The molecule has 1 heterocycles. The van der Waals surface area contributed by atoms with Crippen LogP contribution in [0.15, 0.2) is 0 Å². The summed E-state index contributed by atoms with van der Waals surface area (Å²) in [5.74, 6) is 1.94. The quantitative estimate of drug-likeness (QED) is 0.847. The van der Waals surface area contributed by atoms with E-state index in [1.54, 1.807) is 0 Å². The van der Waals surface area contributed by atoms with E-state index in [9.17, 15) is 0 Å². The molecule has 2 aliphatic rings. The Balaban J connectivity index is 1.82. The predicted octanol–water partition coefficient (Wildman–Crippen LogP) is 3.31. The van der Waals surface area contributed by atoms with E-state index >= 15 is 0 Å². The van der Waals surface area contributed by atoms with Crippen molar-refractivity contribution in [2.75, 3.05) is 12.4 Å². The van der Waals surface area contributed by atoms with Gasteiger partial charge >= 0.3 is 0 Å². The summed E-state index contributed by atoms with van der Waals surface area (Å²) in [7, 11) is 0. The second-order valence-corrected chi connectivity index (χ2v) is 9.38. The van der Waals surface area contributed by atoms with Gasteiger partial charge in [0.1, 0.15) is 0 Å². The second kappa shape index (κ2) is 4.99. The van der Waals surface area contributed by atoms with Gasteiger partial charge in [0.25, 0.3) is 0 Å². The zero-order chi connectivity index (χ0) is 13.6. The molecule has 1 saturated heterocycles. The SMILES string of the molecule is C[C@H](CSC(C)(C)C)N[C@@H]1[C@@H]2CCO[C@H]2C1(C)C. The predicted molar refractivity (Wildman–Crippen MR) is 80.2 cm³/mol. The van der Waals surface area contributed by atoms with E-state index in [0.29, 0.717) is 28.3 Å². The highest BCUT2D eigenvalue weighted by Gasteiger charge is 2.59. The molecule has 106 valence electrons. The Kier molecular flexibility index (Phi) is 4.07. The fourth-order valence-corrected chi connectivity index (χ4v) is 4.24. The summed E-state index contributed by atoms with van der Waals surface area (Å²) in [4.78, 5) is 0. The molecule has 1 aliphatic carbocycles. The molecular weight excluding hydrogens is 242 g/mol. The van der Waals surface area contributed by atoms with Gasteiger partial charge in [-0.05, 0) is 13.3 Å². The Hall–Kier alpha value is 0.270. The number of hydrogen-bond donors (Lipinski definition) is 1. The molecule has 1 aliphatic heterocycles. The van der Waals surface area contributed by atoms with Crippen molar-refractivity contribution >= 4 is 11.8 Å². The van der Waals surface area contributed by atoms with Crippen LogP contribution in [0.25, 0.3) is 0 Å². The largest absolute Gasteiger partial charge is 0.377 e. The van der Waals surface area contributed by atoms with Crippen molar-refractivity contribution in [3.63, 3.8) is 0 Å². The van der Waals surface area contributed by atoms with E-state index in [-0.39, 0.29) is 0 Å². The van der Waals surface area contributed by atoms with Crippen LogP contribution >= 0.6 is 11.8 Å². The third-order valence-corrected chi connectivity index (χ3v) is 5.86. The Labute approximate surface area is 117 Å². The molecule has 1 N–H and O–H groups in total. The maximum Gasteiger partial charge on any atom is 0.0685 e. The number of nitrogens with one attached hydrogen (secondary N) is 1. The van der Waals surface area contributed by atoms with Crippen LogP contribution in [0.2, 0.25) is 0 Å². The third-order valence-electron chi connectivity index (χ3n) is 4.33. The summed E-state index contributed by atoms with van der Waals surface area (Å²) in [6.07, 6.45) is 1.74. The molecule has 0 aromatic carbocycles. The first-order chi connectivity index (χ1) is 8.22. The lowest BCUT2D eigenvalue weighted by Crippen LogP contribution is -2.67. The summed E-state index contributed by atoms with van der Waals surface area (Å²) in [6, 6.07) is 1.22. The maximum atomic E-state index is 5.85. The van der Waals surface area contributed by atoms with E-state index in [4.69, 9.17) is 4.74 Å². The average Bonchev–Trinajstić information content (AvgIpc) is 2.68. The summed E-state index contributed by atoms with van der Waals surface area (Å²) in [5.41, 5.74) is 0.307. The molecule has 0 aromatic rings. The zero-order valence-corrected chi connectivity index (χ0v) is 13.6. The van der Waals surface area contributed by atoms with Gasteiger partial charge in [0, 0.05) is 40.5 Å². The van der Waals surface area contributed by atoms with E-state index in [0.717, 1.165) is 12.5 Å². The fraction of sp³-hybridized carbons (Fsp3) is 1.00. The molecule has 4 atom stereocenters. The van der Waals surface area contributed by atoms with Crippen LogP contribution in [0, 0.1) is 11.3 Å². The molecule has 2 nitrogen and oxygen atoms in total. The van der Waals surface area contributed by atoms with Crippen molar-refractivity contribution in [2.24, 2.45) is 11.3 Å². The van der Waals surface area contributed by atoms with Gasteiger partial charge in [0.2, 0.25) is 0 Å². The van der Waals surface area contributed by atoms with Crippen LogP contribution in [0.3, 0.4) is 0 Å². The fourth-order valence-electron chi connectivity index (χ4n) is 3.39. The number of rotatable bonds is 4. The van der Waals surface area contributed by atoms with Gasteiger partial charge < -0.3 is 10.1 Å². The average molecular weight is 271 g/mol. The lowest BCUT2D eigenvalue weighted by Gasteiger charge is -2.55. The Morgan fingerprint density at radius 2 is 2.06 bits per heavy atom. The first-order valence-corrected chi connectivity index (χ1v) is 8.22. The van der Waals surface area contributed by atoms with Gasteiger partial charge in [-0.2, -0.15) is 11.8 Å². The van der Waals surface area contributed by atoms with Crippen molar-refractivity contribution in [1.82, 2.24) is 5.32 Å². The first kappa shape index (κ1) is 14.7.